The van der Waals surface area contributed by atoms with E-state index in [4.69, 9.17) is 0 Å². The number of rotatable bonds is 5. The first-order valence-corrected chi connectivity index (χ1v) is 10.3. The van der Waals surface area contributed by atoms with Gasteiger partial charge in [-0.2, -0.15) is 0 Å². The van der Waals surface area contributed by atoms with E-state index in [1.807, 2.05) is 6.92 Å². The van der Waals surface area contributed by atoms with Crippen LogP contribution in [0.3, 0.4) is 0 Å². The van der Waals surface area contributed by atoms with E-state index in [1.165, 1.54) is 25.5 Å². The van der Waals surface area contributed by atoms with Gasteiger partial charge >= 0.3 is 0 Å². The Morgan fingerprint density at radius 3 is 2.70 bits per heavy atom. The Hall–Kier alpha value is -1.21. The summed E-state index contributed by atoms with van der Waals surface area (Å²) in [5.41, 5.74) is 2.14. The Bertz CT molecular complexity index is 658. The van der Waals surface area contributed by atoms with Crippen LogP contribution in [-0.4, -0.2) is 48.6 Å². The zero-order valence-corrected chi connectivity index (χ0v) is 14.8. The van der Waals surface area contributed by atoms with Crippen molar-refractivity contribution in [2.24, 2.45) is 5.92 Å². The van der Waals surface area contributed by atoms with Crippen LogP contribution in [-0.2, 0) is 10.0 Å². The fraction of sp³-hybridized carbons (Fsp3) is 0.750. The van der Waals surface area contributed by atoms with Crippen LogP contribution in [0.5, 0.6) is 0 Å². The number of sulfonamides is 1. The highest BCUT2D eigenvalue weighted by molar-refractivity contribution is 7.88. The van der Waals surface area contributed by atoms with Crippen LogP contribution in [0, 0.1) is 12.8 Å². The zero-order chi connectivity index (χ0) is 16.4. The number of hydrogen-bond donors (Lipinski definition) is 1. The summed E-state index contributed by atoms with van der Waals surface area (Å²) < 4.78 is 25.0. The lowest BCUT2D eigenvalue weighted by molar-refractivity contribution is 0.276. The molecule has 0 spiro atoms. The first-order chi connectivity index (χ1) is 10.9. The third-order valence-electron chi connectivity index (χ3n) is 4.90. The molecule has 0 aromatic carbocycles. The second kappa shape index (κ2) is 6.73. The highest BCUT2D eigenvalue weighted by Gasteiger charge is 2.26. The van der Waals surface area contributed by atoms with Gasteiger partial charge in [0.2, 0.25) is 16.0 Å². The molecule has 1 aromatic rings. The summed E-state index contributed by atoms with van der Waals surface area (Å²) in [5, 5.41) is 3.33. The molecule has 1 aliphatic heterocycles. The normalized spacial score (nSPS) is 23.5. The quantitative estimate of drug-likeness (QED) is 0.890. The van der Waals surface area contributed by atoms with Gasteiger partial charge in [-0.1, -0.05) is 6.42 Å². The molecule has 2 aliphatic rings. The highest BCUT2D eigenvalue weighted by atomic mass is 32.2. The van der Waals surface area contributed by atoms with Gasteiger partial charge in [0.05, 0.1) is 6.26 Å². The first-order valence-electron chi connectivity index (χ1n) is 8.46. The van der Waals surface area contributed by atoms with Crippen molar-refractivity contribution in [1.29, 1.82) is 0 Å². The van der Waals surface area contributed by atoms with Crippen molar-refractivity contribution in [3.05, 3.63) is 17.5 Å². The van der Waals surface area contributed by atoms with Gasteiger partial charge in [0, 0.05) is 36.9 Å². The fourth-order valence-electron chi connectivity index (χ4n) is 3.32. The molecule has 1 atom stereocenters. The average molecular weight is 338 g/mol. The van der Waals surface area contributed by atoms with Crippen molar-refractivity contribution < 1.29 is 8.42 Å². The largest absolute Gasteiger partial charge is 0.354 e. The van der Waals surface area contributed by atoms with Gasteiger partial charge in [-0.05, 0) is 44.6 Å². The van der Waals surface area contributed by atoms with Crippen molar-refractivity contribution >= 4 is 16.0 Å². The van der Waals surface area contributed by atoms with E-state index in [0.29, 0.717) is 30.9 Å². The molecule has 1 saturated heterocycles. The number of hydrogen-bond acceptors (Lipinski definition) is 5. The molecule has 0 unspecified atom stereocenters. The van der Waals surface area contributed by atoms with E-state index >= 15 is 0 Å². The molecule has 3 rings (SSSR count). The van der Waals surface area contributed by atoms with Gasteiger partial charge in [0.25, 0.3) is 0 Å². The zero-order valence-electron chi connectivity index (χ0n) is 14.0. The molecule has 0 radical (unpaired) electrons. The Kier molecular flexibility index (Phi) is 4.87. The molecule has 1 aromatic heterocycles. The lowest BCUT2D eigenvalue weighted by Gasteiger charge is -2.31. The predicted octanol–water partition coefficient (Wildman–Crippen LogP) is 2.14. The van der Waals surface area contributed by atoms with Crippen LogP contribution < -0.4 is 5.32 Å². The van der Waals surface area contributed by atoms with Crippen LogP contribution in [0.1, 0.15) is 49.4 Å². The molecule has 2 heterocycles. The van der Waals surface area contributed by atoms with E-state index in [0.717, 1.165) is 30.8 Å². The van der Waals surface area contributed by atoms with Gasteiger partial charge in [0.1, 0.15) is 0 Å². The van der Waals surface area contributed by atoms with E-state index in [1.54, 1.807) is 4.31 Å². The van der Waals surface area contributed by atoms with Gasteiger partial charge in [0.15, 0.2) is 0 Å². The lowest BCUT2D eigenvalue weighted by Crippen LogP contribution is -2.41. The van der Waals surface area contributed by atoms with Crippen LogP contribution >= 0.6 is 0 Å². The molecule has 128 valence electrons. The topological polar surface area (TPSA) is 75.2 Å². The monoisotopic (exact) mass is 338 g/mol. The van der Waals surface area contributed by atoms with Gasteiger partial charge < -0.3 is 5.32 Å². The van der Waals surface area contributed by atoms with E-state index < -0.39 is 10.0 Å². The van der Waals surface area contributed by atoms with Crippen molar-refractivity contribution in [2.45, 2.75) is 44.9 Å². The summed E-state index contributed by atoms with van der Waals surface area (Å²) in [6.45, 7) is 3.95. The molecule has 0 amide bonds. The van der Waals surface area contributed by atoms with Crippen molar-refractivity contribution in [3.8, 4) is 0 Å². The minimum absolute atomic E-state index is 0.315. The van der Waals surface area contributed by atoms with Crippen LogP contribution in [0.2, 0.25) is 0 Å². The molecule has 6 nitrogen and oxygen atoms in total. The summed E-state index contributed by atoms with van der Waals surface area (Å²) in [6.07, 6.45) is 6.99. The number of aryl methyl sites for hydroxylation is 1. The maximum Gasteiger partial charge on any atom is 0.223 e. The molecular weight excluding hydrogens is 312 g/mol. The Labute approximate surface area is 138 Å². The highest BCUT2D eigenvalue weighted by Crippen LogP contribution is 2.35. The van der Waals surface area contributed by atoms with Crippen LogP contribution in [0.25, 0.3) is 0 Å². The average Bonchev–Trinajstić information content (AvgIpc) is 2.42. The maximum atomic E-state index is 11.7. The minimum atomic E-state index is -3.09. The summed E-state index contributed by atoms with van der Waals surface area (Å²) >= 11 is 0. The molecule has 2 fully saturated rings. The molecule has 7 heteroatoms. The third kappa shape index (κ3) is 4.20. The smallest absolute Gasteiger partial charge is 0.223 e. The van der Waals surface area contributed by atoms with Crippen molar-refractivity contribution in [2.75, 3.05) is 31.2 Å². The Morgan fingerprint density at radius 2 is 2.04 bits per heavy atom. The predicted molar refractivity (Wildman–Crippen MR) is 91.0 cm³/mol. The number of aromatic nitrogens is 2. The summed E-state index contributed by atoms with van der Waals surface area (Å²) in [4.78, 5) is 9.13. The standard InChI is InChI=1S/C16H26N4O2S/c1-12-9-15(14-6-3-7-14)19-16(18-12)17-10-13-5-4-8-20(11-13)23(2,21)22/h9,13-14H,3-8,10-11H2,1-2H3,(H,17,18,19)/t13-/m1/s1. The van der Waals surface area contributed by atoms with Crippen LogP contribution in [0.4, 0.5) is 5.95 Å². The molecule has 1 N–H and O–H groups in total. The molecule has 1 saturated carbocycles. The number of anilines is 1. The summed E-state index contributed by atoms with van der Waals surface area (Å²) in [6, 6.07) is 2.08. The summed E-state index contributed by atoms with van der Waals surface area (Å²) in [5.74, 6) is 1.59. The minimum Gasteiger partial charge on any atom is -0.354 e. The number of piperidine rings is 1. The lowest BCUT2D eigenvalue weighted by atomic mass is 9.83. The Morgan fingerprint density at radius 1 is 1.26 bits per heavy atom. The third-order valence-corrected chi connectivity index (χ3v) is 6.17. The molecular formula is C16H26N4O2S. The molecule has 1 aliphatic carbocycles. The maximum absolute atomic E-state index is 11.7. The van der Waals surface area contributed by atoms with Crippen molar-refractivity contribution in [3.63, 3.8) is 0 Å². The second-order valence-electron chi connectivity index (χ2n) is 6.90. The fourth-order valence-corrected chi connectivity index (χ4v) is 4.26. The van der Waals surface area contributed by atoms with E-state index in [9.17, 15) is 8.42 Å². The SMILES string of the molecule is Cc1cc(C2CCC2)nc(NC[C@H]2CCCN(S(C)(=O)=O)C2)n1. The summed E-state index contributed by atoms with van der Waals surface area (Å²) in [7, 11) is -3.09. The van der Waals surface area contributed by atoms with E-state index in [-0.39, 0.29) is 0 Å². The van der Waals surface area contributed by atoms with Gasteiger partial charge in [-0.15, -0.1) is 0 Å². The van der Waals surface area contributed by atoms with Gasteiger partial charge in [-0.25, -0.2) is 22.7 Å². The van der Waals surface area contributed by atoms with Crippen LogP contribution in [0.15, 0.2) is 6.07 Å². The molecule has 23 heavy (non-hydrogen) atoms. The van der Waals surface area contributed by atoms with Gasteiger partial charge in [-0.3, -0.25) is 0 Å². The second-order valence-corrected chi connectivity index (χ2v) is 8.88. The first kappa shape index (κ1) is 16.6. The number of nitrogens with one attached hydrogen (secondary N) is 1. The number of nitrogens with zero attached hydrogens (tertiary/aromatic N) is 3. The Balaban J connectivity index is 1.60. The molecule has 0 bridgehead atoms. The van der Waals surface area contributed by atoms with Crippen molar-refractivity contribution in [1.82, 2.24) is 14.3 Å². The van der Waals surface area contributed by atoms with E-state index in [2.05, 4.69) is 21.4 Å².